The van der Waals surface area contributed by atoms with Gasteiger partial charge < -0.3 is 19.9 Å². The number of methoxy groups -OCH3 is 1. The molecule has 2 aromatic rings. The molecule has 32 heavy (non-hydrogen) atoms. The molecule has 0 bridgehead atoms. The normalized spacial score (nSPS) is 13.1. The van der Waals surface area contributed by atoms with Gasteiger partial charge in [-0.25, -0.2) is 18.0 Å². The van der Waals surface area contributed by atoms with Crippen LogP contribution in [0.1, 0.15) is 46.8 Å². The Hall–Kier alpha value is -3.49. The lowest BCUT2D eigenvalue weighted by Gasteiger charge is -2.15. The number of ether oxygens (including phenoxy) is 2. The fourth-order valence-electron chi connectivity index (χ4n) is 3.57. The smallest absolute Gasteiger partial charge is 0.342 e. The van der Waals surface area contributed by atoms with Gasteiger partial charge in [0.05, 0.1) is 7.11 Å². The number of anilines is 1. The maximum absolute atomic E-state index is 13.3. The van der Waals surface area contributed by atoms with Crippen LogP contribution < -0.4 is 10.1 Å². The largest absolute Gasteiger partial charge is 0.507 e. The van der Waals surface area contributed by atoms with Gasteiger partial charge in [0.1, 0.15) is 23.7 Å². The van der Waals surface area contributed by atoms with Crippen molar-refractivity contribution in [3.05, 3.63) is 63.5 Å². The van der Waals surface area contributed by atoms with Crippen LogP contribution in [0.5, 0.6) is 11.5 Å². The van der Waals surface area contributed by atoms with Gasteiger partial charge in [-0.3, -0.25) is 4.79 Å². The Morgan fingerprint density at radius 2 is 1.91 bits per heavy atom. The van der Waals surface area contributed by atoms with Gasteiger partial charge in [0.15, 0.2) is 17.5 Å². The zero-order valence-electron chi connectivity index (χ0n) is 17.8. The van der Waals surface area contributed by atoms with Gasteiger partial charge in [0.2, 0.25) is 5.91 Å². The Bertz CT molecular complexity index is 1100. The molecule has 0 atom stereocenters. The average Bonchev–Trinajstić information content (AvgIpc) is 3.14. The Morgan fingerprint density at radius 1 is 1.25 bits per heavy atom. The number of hydrogen-bond donors (Lipinski definition) is 2. The van der Waals surface area contributed by atoms with Crippen LogP contribution in [0.3, 0.4) is 0 Å². The molecule has 1 aliphatic rings. The van der Waals surface area contributed by atoms with Gasteiger partial charge >= 0.3 is 5.97 Å². The molecular weight excluding hydrogens is 427 g/mol. The molecule has 0 saturated carbocycles. The van der Waals surface area contributed by atoms with Gasteiger partial charge in [-0.15, -0.1) is 0 Å². The molecular formula is C23H22F3NO5. The first kappa shape index (κ1) is 23.2. The van der Waals surface area contributed by atoms with Crippen molar-refractivity contribution in [2.75, 3.05) is 12.4 Å². The van der Waals surface area contributed by atoms with Crippen molar-refractivity contribution >= 4 is 17.6 Å². The number of allylic oxidation sites excluding steroid dienone is 2. The molecule has 0 saturated heterocycles. The molecule has 0 aromatic heterocycles. The van der Waals surface area contributed by atoms with Crippen molar-refractivity contribution in [1.29, 1.82) is 0 Å². The van der Waals surface area contributed by atoms with Crippen molar-refractivity contribution in [3.63, 3.8) is 0 Å². The average molecular weight is 449 g/mol. The fourth-order valence-corrected chi connectivity index (χ4v) is 3.57. The highest BCUT2D eigenvalue weighted by atomic mass is 19.2. The number of fused-ring (bicyclic) bond motifs is 1. The predicted octanol–water partition coefficient (Wildman–Crippen LogP) is 4.70. The van der Waals surface area contributed by atoms with E-state index in [4.69, 9.17) is 9.47 Å². The second-order valence-corrected chi connectivity index (χ2v) is 7.47. The Kier molecular flexibility index (Phi) is 6.76. The monoisotopic (exact) mass is 449 g/mol. The lowest BCUT2D eigenvalue weighted by Crippen LogP contribution is -2.12. The van der Waals surface area contributed by atoms with Crippen molar-refractivity contribution in [1.82, 2.24) is 0 Å². The first-order chi connectivity index (χ1) is 15.1. The second kappa shape index (κ2) is 9.33. The van der Waals surface area contributed by atoms with E-state index in [2.05, 4.69) is 5.32 Å². The summed E-state index contributed by atoms with van der Waals surface area (Å²) in [5.74, 6) is -5.20. The van der Waals surface area contributed by atoms with Crippen LogP contribution in [0, 0.1) is 24.4 Å². The number of benzene rings is 2. The number of phenolic OH excluding ortho intramolecular Hbond substituents is 1. The molecule has 3 rings (SSSR count). The predicted molar refractivity (Wildman–Crippen MR) is 110 cm³/mol. The van der Waals surface area contributed by atoms with Gasteiger partial charge in [-0.1, -0.05) is 11.6 Å². The third-order valence-electron chi connectivity index (χ3n) is 5.32. The minimum atomic E-state index is -1.60. The van der Waals surface area contributed by atoms with Crippen LogP contribution in [-0.4, -0.2) is 24.1 Å². The molecule has 0 fully saturated rings. The molecule has 1 amide bonds. The van der Waals surface area contributed by atoms with E-state index in [1.807, 2.05) is 0 Å². The number of rotatable bonds is 7. The fraction of sp³-hybridized carbons (Fsp3) is 0.304. The number of amides is 1. The van der Waals surface area contributed by atoms with E-state index < -0.39 is 29.3 Å². The van der Waals surface area contributed by atoms with E-state index in [9.17, 15) is 27.9 Å². The highest BCUT2D eigenvalue weighted by molar-refractivity contribution is 5.98. The van der Waals surface area contributed by atoms with E-state index in [-0.39, 0.29) is 36.4 Å². The van der Waals surface area contributed by atoms with Crippen molar-refractivity contribution in [3.8, 4) is 11.5 Å². The summed E-state index contributed by atoms with van der Waals surface area (Å²) >= 11 is 0. The first-order valence-corrected chi connectivity index (χ1v) is 9.82. The van der Waals surface area contributed by atoms with Crippen LogP contribution in [0.25, 0.3) is 0 Å². The molecule has 1 heterocycles. The second-order valence-electron chi connectivity index (χ2n) is 7.47. The maximum Gasteiger partial charge on any atom is 0.342 e. The summed E-state index contributed by atoms with van der Waals surface area (Å²) in [6.07, 6.45) is 2.38. The number of cyclic esters (lactones) is 1. The summed E-state index contributed by atoms with van der Waals surface area (Å²) in [5.41, 5.74) is 2.51. The third kappa shape index (κ3) is 4.56. The number of esters is 1. The number of carbonyl (C=O) groups excluding carboxylic acids is 2. The third-order valence-corrected chi connectivity index (χ3v) is 5.32. The number of nitrogens with one attached hydrogen (secondary N) is 1. The summed E-state index contributed by atoms with van der Waals surface area (Å²) in [7, 11) is 1.47. The number of halogens is 3. The van der Waals surface area contributed by atoms with Crippen LogP contribution in [0.15, 0.2) is 23.8 Å². The zero-order chi connectivity index (χ0) is 23.6. The molecule has 1 aliphatic heterocycles. The first-order valence-electron chi connectivity index (χ1n) is 9.82. The molecule has 0 aliphatic carbocycles. The van der Waals surface area contributed by atoms with Gasteiger partial charge in [-0.05, 0) is 32.3 Å². The number of phenols is 1. The van der Waals surface area contributed by atoms with Crippen molar-refractivity contribution in [2.24, 2.45) is 0 Å². The molecule has 0 unspecified atom stereocenters. The van der Waals surface area contributed by atoms with Crippen LogP contribution in [0.2, 0.25) is 0 Å². The number of aromatic hydroxyl groups is 1. The summed E-state index contributed by atoms with van der Waals surface area (Å²) < 4.78 is 50.0. The van der Waals surface area contributed by atoms with Gasteiger partial charge in [-0.2, -0.15) is 0 Å². The van der Waals surface area contributed by atoms with E-state index in [1.54, 1.807) is 19.9 Å². The quantitative estimate of drug-likeness (QED) is 0.364. The topological polar surface area (TPSA) is 84.9 Å². The Balaban J connectivity index is 1.68. The van der Waals surface area contributed by atoms with E-state index >= 15 is 0 Å². The molecule has 2 aromatic carbocycles. The van der Waals surface area contributed by atoms with E-state index in [0.717, 1.165) is 5.57 Å². The number of carbonyl (C=O) groups is 2. The molecule has 2 N–H and O–H groups in total. The summed E-state index contributed by atoms with van der Waals surface area (Å²) in [5, 5.41) is 12.9. The van der Waals surface area contributed by atoms with Crippen molar-refractivity contribution < 1.29 is 37.3 Å². The number of hydrogen-bond acceptors (Lipinski definition) is 5. The van der Waals surface area contributed by atoms with E-state index in [1.165, 1.54) is 7.11 Å². The minimum Gasteiger partial charge on any atom is -0.507 e. The highest BCUT2D eigenvalue weighted by Gasteiger charge is 2.31. The molecule has 170 valence electrons. The lowest BCUT2D eigenvalue weighted by molar-refractivity contribution is -0.116. The summed E-state index contributed by atoms with van der Waals surface area (Å²) in [4.78, 5) is 24.0. The molecule has 9 heteroatoms. The SMILES string of the molecule is COc1c(C)c2c(c(O)c1C/C=C(\C)CCC(=O)Nc1cc(F)c(F)c(F)c1)C(=O)OC2. The van der Waals surface area contributed by atoms with Crippen LogP contribution in [0.4, 0.5) is 18.9 Å². The summed E-state index contributed by atoms with van der Waals surface area (Å²) in [6, 6.07) is 1.41. The lowest BCUT2D eigenvalue weighted by atomic mass is 9.94. The Labute approximate surface area is 182 Å². The van der Waals surface area contributed by atoms with Crippen molar-refractivity contribution in [2.45, 2.75) is 39.7 Å². The molecule has 0 radical (unpaired) electrons. The van der Waals surface area contributed by atoms with Gasteiger partial charge in [0.25, 0.3) is 0 Å². The summed E-state index contributed by atoms with van der Waals surface area (Å²) in [6.45, 7) is 3.64. The standard InChI is InChI=1S/C23H22F3NO5/c1-11(5-7-18(28)27-13-8-16(24)20(26)17(25)9-13)4-6-14-21(29)19-15(10-32-23(19)30)12(2)22(14)31-3/h4,8-9,29H,5-7,10H2,1-3H3,(H,27,28)/b11-4+. The molecule has 0 spiro atoms. The van der Waals surface area contributed by atoms with Crippen LogP contribution in [-0.2, 0) is 22.6 Å². The van der Waals surface area contributed by atoms with E-state index in [0.29, 0.717) is 41.0 Å². The Morgan fingerprint density at radius 3 is 2.53 bits per heavy atom. The zero-order valence-corrected chi connectivity index (χ0v) is 17.8. The minimum absolute atomic E-state index is 0.0155. The van der Waals surface area contributed by atoms with Crippen LogP contribution >= 0.6 is 0 Å². The maximum atomic E-state index is 13.3. The molecule has 6 nitrogen and oxygen atoms in total. The highest BCUT2D eigenvalue weighted by Crippen LogP contribution is 2.42. The van der Waals surface area contributed by atoms with Gasteiger partial charge in [0, 0.05) is 35.4 Å².